The van der Waals surface area contributed by atoms with Crippen molar-refractivity contribution in [3.63, 3.8) is 0 Å². The van der Waals surface area contributed by atoms with Crippen LogP contribution in [0.1, 0.15) is 6.92 Å². The van der Waals surface area contributed by atoms with Crippen LogP contribution in [-0.4, -0.2) is 54.6 Å². The summed E-state index contributed by atoms with van der Waals surface area (Å²) in [7, 11) is -4.14. The van der Waals surface area contributed by atoms with Crippen molar-refractivity contribution in [1.82, 2.24) is 9.21 Å². The van der Waals surface area contributed by atoms with Crippen molar-refractivity contribution in [2.24, 2.45) is 0 Å². The number of hydrogen-bond acceptors (Lipinski definition) is 6. The fraction of sp³-hybridized carbons (Fsp3) is 0.278. The Balaban J connectivity index is 1.99. The van der Waals surface area contributed by atoms with Crippen molar-refractivity contribution in [3.05, 3.63) is 56.6 Å². The molecule has 160 valence electrons. The summed E-state index contributed by atoms with van der Waals surface area (Å²) in [5, 5.41) is 11.8. The van der Waals surface area contributed by atoms with E-state index in [4.69, 9.17) is 27.9 Å². The summed E-state index contributed by atoms with van der Waals surface area (Å²) in [6, 6.07) is 7.68. The first-order chi connectivity index (χ1) is 14.1. The van der Waals surface area contributed by atoms with Gasteiger partial charge in [-0.1, -0.05) is 23.2 Å². The predicted octanol–water partition coefficient (Wildman–Crippen LogP) is 3.55. The summed E-state index contributed by atoms with van der Waals surface area (Å²) in [6.07, 6.45) is 0. The number of amides is 1. The molecule has 2 aromatic carbocycles. The van der Waals surface area contributed by atoms with Gasteiger partial charge in [-0.15, -0.1) is 0 Å². The van der Waals surface area contributed by atoms with E-state index in [2.05, 4.69) is 0 Å². The van der Waals surface area contributed by atoms with Crippen molar-refractivity contribution in [2.45, 2.75) is 11.8 Å². The molecule has 0 N–H and O–H groups in total. The van der Waals surface area contributed by atoms with Gasteiger partial charge >= 0.3 is 0 Å². The molecule has 0 bridgehead atoms. The molecule has 12 heteroatoms. The van der Waals surface area contributed by atoms with Crippen LogP contribution in [0.4, 0.5) is 5.69 Å². The molecule has 1 aliphatic rings. The maximum atomic E-state index is 13.3. The zero-order chi connectivity index (χ0) is 22.1. The molecule has 1 saturated heterocycles. The second-order valence-corrected chi connectivity index (χ2v) is 9.28. The summed E-state index contributed by atoms with van der Waals surface area (Å²) in [6.45, 7) is 1.99. The van der Waals surface area contributed by atoms with Crippen LogP contribution in [0.25, 0.3) is 0 Å². The summed E-state index contributed by atoms with van der Waals surface area (Å²) >= 11 is 11.9. The highest BCUT2D eigenvalue weighted by molar-refractivity contribution is 7.89. The lowest BCUT2D eigenvalue weighted by Crippen LogP contribution is -2.49. The van der Waals surface area contributed by atoms with Crippen molar-refractivity contribution < 1.29 is 22.9 Å². The SMILES string of the molecule is CC(=O)N1CCN(S(=O)(=O)c2cc([N+](=O)[O-])ccc2Oc2cc(Cl)cc(Cl)c2)CC1. The largest absolute Gasteiger partial charge is 0.456 e. The molecule has 0 saturated carbocycles. The van der Waals surface area contributed by atoms with E-state index in [-0.39, 0.29) is 58.5 Å². The Bertz CT molecular complexity index is 1080. The molecule has 0 unspecified atom stereocenters. The zero-order valence-electron chi connectivity index (χ0n) is 15.7. The molecular formula is C18H17Cl2N3O6S. The smallest absolute Gasteiger partial charge is 0.271 e. The molecule has 0 spiro atoms. The molecule has 2 aromatic rings. The monoisotopic (exact) mass is 473 g/mol. The minimum atomic E-state index is -4.14. The lowest BCUT2D eigenvalue weighted by molar-refractivity contribution is -0.385. The number of halogens is 2. The van der Waals surface area contributed by atoms with Crippen LogP contribution in [-0.2, 0) is 14.8 Å². The van der Waals surface area contributed by atoms with Crippen molar-refractivity contribution in [2.75, 3.05) is 26.2 Å². The third kappa shape index (κ3) is 4.84. The summed E-state index contributed by atoms with van der Waals surface area (Å²) in [5.41, 5.74) is -0.396. The molecule has 1 fully saturated rings. The number of nitrogens with zero attached hydrogens (tertiary/aromatic N) is 3. The van der Waals surface area contributed by atoms with E-state index in [9.17, 15) is 23.3 Å². The average molecular weight is 474 g/mol. The molecular weight excluding hydrogens is 457 g/mol. The summed E-state index contributed by atoms with van der Waals surface area (Å²) in [4.78, 5) is 23.2. The number of ether oxygens (including phenoxy) is 1. The molecule has 0 atom stereocenters. The number of piperazine rings is 1. The number of benzene rings is 2. The fourth-order valence-corrected chi connectivity index (χ4v) is 5.05. The van der Waals surface area contributed by atoms with E-state index in [1.54, 1.807) is 0 Å². The maximum absolute atomic E-state index is 13.3. The van der Waals surface area contributed by atoms with Gasteiger partial charge in [0, 0.05) is 55.3 Å². The van der Waals surface area contributed by atoms with Crippen molar-refractivity contribution in [3.8, 4) is 11.5 Å². The van der Waals surface area contributed by atoms with E-state index in [0.29, 0.717) is 0 Å². The Morgan fingerprint density at radius 3 is 2.20 bits per heavy atom. The number of hydrogen-bond donors (Lipinski definition) is 0. The van der Waals surface area contributed by atoms with Gasteiger partial charge in [0.15, 0.2) is 0 Å². The highest BCUT2D eigenvalue weighted by atomic mass is 35.5. The van der Waals surface area contributed by atoms with Gasteiger partial charge in [0.25, 0.3) is 5.69 Å². The molecule has 0 radical (unpaired) electrons. The Morgan fingerprint density at radius 1 is 1.07 bits per heavy atom. The molecule has 9 nitrogen and oxygen atoms in total. The standard InChI is InChI=1S/C18H17Cl2N3O6S/c1-12(24)21-4-6-22(7-5-21)30(27,28)18-11-15(23(25)26)2-3-17(18)29-16-9-13(19)8-14(20)10-16/h2-3,8-11H,4-7H2,1H3. The topological polar surface area (TPSA) is 110 Å². The minimum Gasteiger partial charge on any atom is -0.456 e. The first-order valence-electron chi connectivity index (χ1n) is 8.76. The Labute approximate surface area is 182 Å². The second-order valence-electron chi connectivity index (χ2n) is 6.51. The second kappa shape index (κ2) is 8.76. The third-order valence-electron chi connectivity index (χ3n) is 4.50. The van der Waals surface area contributed by atoms with E-state index in [0.717, 1.165) is 12.1 Å². The van der Waals surface area contributed by atoms with Crippen LogP contribution in [0.3, 0.4) is 0 Å². The quantitative estimate of drug-likeness (QED) is 0.484. The molecule has 0 aliphatic carbocycles. The number of rotatable bonds is 5. The highest BCUT2D eigenvalue weighted by Gasteiger charge is 2.33. The fourth-order valence-electron chi connectivity index (χ4n) is 2.99. The predicted molar refractivity (Wildman–Crippen MR) is 111 cm³/mol. The van der Waals surface area contributed by atoms with E-state index in [1.807, 2.05) is 0 Å². The van der Waals surface area contributed by atoms with Crippen LogP contribution in [0, 0.1) is 10.1 Å². The number of carbonyl (C=O) groups is 1. The van der Waals surface area contributed by atoms with Gasteiger partial charge in [-0.2, -0.15) is 4.31 Å². The van der Waals surface area contributed by atoms with Gasteiger partial charge in [0.2, 0.25) is 15.9 Å². The van der Waals surface area contributed by atoms with Gasteiger partial charge in [0.1, 0.15) is 16.4 Å². The van der Waals surface area contributed by atoms with Gasteiger partial charge in [-0.05, 0) is 24.3 Å². The first kappa shape index (κ1) is 22.3. The average Bonchev–Trinajstić information content (AvgIpc) is 2.67. The van der Waals surface area contributed by atoms with Crippen LogP contribution in [0.2, 0.25) is 10.0 Å². The Morgan fingerprint density at radius 2 is 1.67 bits per heavy atom. The van der Waals surface area contributed by atoms with E-state index >= 15 is 0 Å². The highest BCUT2D eigenvalue weighted by Crippen LogP contribution is 2.36. The van der Waals surface area contributed by atoms with Gasteiger partial charge < -0.3 is 9.64 Å². The normalized spacial score (nSPS) is 15.1. The number of non-ortho nitro benzene ring substituents is 1. The molecule has 30 heavy (non-hydrogen) atoms. The lowest BCUT2D eigenvalue weighted by atomic mass is 10.3. The van der Waals surface area contributed by atoms with Crippen LogP contribution < -0.4 is 4.74 Å². The number of sulfonamides is 1. The number of nitro groups is 1. The van der Waals surface area contributed by atoms with Crippen LogP contribution >= 0.6 is 23.2 Å². The number of carbonyl (C=O) groups excluding carboxylic acids is 1. The zero-order valence-corrected chi connectivity index (χ0v) is 18.1. The maximum Gasteiger partial charge on any atom is 0.271 e. The van der Waals surface area contributed by atoms with E-state index < -0.39 is 20.6 Å². The Kier molecular flexibility index (Phi) is 6.51. The van der Waals surface area contributed by atoms with Gasteiger partial charge in [0.05, 0.1) is 4.92 Å². The minimum absolute atomic E-state index is 0.0625. The first-order valence-corrected chi connectivity index (χ1v) is 11.0. The van der Waals surface area contributed by atoms with Crippen molar-refractivity contribution >= 4 is 44.8 Å². The van der Waals surface area contributed by atoms with Crippen LogP contribution in [0.15, 0.2) is 41.3 Å². The lowest BCUT2D eigenvalue weighted by Gasteiger charge is -2.33. The molecule has 0 aromatic heterocycles. The van der Waals surface area contributed by atoms with Gasteiger partial charge in [-0.3, -0.25) is 14.9 Å². The molecule has 1 heterocycles. The summed E-state index contributed by atoms with van der Waals surface area (Å²) < 4.78 is 33.4. The van der Waals surface area contributed by atoms with E-state index in [1.165, 1.54) is 40.4 Å². The third-order valence-corrected chi connectivity index (χ3v) is 6.86. The molecule has 3 rings (SSSR count). The van der Waals surface area contributed by atoms with Crippen molar-refractivity contribution in [1.29, 1.82) is 0 Å². The summed E-state index contributed by atoms with van der Waals surface area (Å²) in [5.74, 6) is -0.0728. The number of nitro benzene ring substituents is 1. The Hall–Kier alpha value is -2.40. The molecule has 1 aliphatic heterocycles. The van der Waals surface area contributed by atoms with Gasteiger partial charge in [-0.25, -0.2) is 8.42 Å². The van der Waals surface area contributed by atoms with Crippen LogP contribution in [0.5, 0.6) is 11.5 Å². The molecule has 1 amide bonds.